The van der Waals surface area contributed by atoms with Gasteiger partial charge in [0.05, 0.1) is 5.75 Å². The van der Waals surface area contributed by atoms with Crippen LogP contribution in [-0.4, -0.2) is 62.8 Å². The molecule has 0 aromatic heterocycles. The minimum Gasteiger partial charge on any atom is -0.356 e. The number of nitrogens with one attached hydrogen (secondary N) is 1. The van der Waals surface area contributed by atoms with Gasteiger partial charge in [-0.25, -0.2) is 12.7 Å². The van der Waals surface area contributed by atoms with Crippen LogP contribution in [0.2, 0.25) is 0 Å². The molecule has 6 nitrogen and oxygen atoms in total. The maximum atomic E-state index is 12.8. The minimum absolute atomic E-state index is 0.0320. The number of benzene rings is 1. The quantitative estimate of drug-likeness (QED) is 0.620. The van der Waals surface area contributed by atoms with Crippen LogP contribution in [0.5, 0.6) is 0 Å². The maximum Gasteiger partial charge on any atom is 0.223 e. The van der Waals surface area contributed by atoms with Crippen molar-refractivity contribution in [3.05, 3.63) is 35.4 Å². The molecule has 2 aliphatic heterocycles. The van der Waals surface area contributed by atoms with Crippen molar-refractivity contribution in [1.29, 1.82) is 0 Å². The highest BCUT2D eigenvalue weighted by Crippen LogP contribution is 2.23. The van der Waals surface area contributed by atoms with Crippen LogP contribution in [0.1, 0.15) is 50.7 Å². The molecule has 2 fully saturated rings. The molecule has 1 aromatic carbocycles. The van der Waals surface area contributed by atoms with Crippen molar-refractivity contribution in [2.75, 3.05) is 39.3 Å². The van der Waals surface area contributed by atoms with Crippen LogP contribution in [0.15, 0.2) is 24.3 Å². The summed E-state index contributed by atoms with van der Waals surface area (Å²) in [5.74, 6) is 1.54. The Morgan fingerprint density at radius 2 is 1.74 bits per heavy atom. The molecular formula is C24H39N3O3S. The van der Waals surface area contributed by atoms with Crippen molar-refractivity contribution in [2.24, 2.45) is 17.8 Å². The second-order valence-electron chi connectivity index (χ2n) is 9.71. The summed E-state index contributed by atoms with van der Waals surface area (Å²) in [5, 5.41) is 3.08. The fourth-order valence-corrected chi connectivity index (χ4v) is 6.76. The van der Waals surface area contributed by atoms with E-state index in [4.69, 9.17) is 0 Å². The second kappa shape index (κ2) is 10.9. The molecule has 0 radical (unpaired) electrons. The van der Waals surface area contributed by atoms with E-state index < -0.39 is 10.0 Å². The van der Waals surface area contributed by atoms with Crippen molar-refractivity contribution in [2.45, 2.75) is 52.2 Å². The number of rotatable bonds is 8. The number of carbonyl (C=O) groups is 1. The average molecular weight is 450 g/mol. The van der Waals surface area contributed by atoms with E-state index in [1.54, 1.807) is 4.31 Å². The molecule has 2 saturated heterocycles. The Hall–Kier alpha value is -1.44. The van der Waals surface area contributed by atoms with Gasteiger partial charge in [0.25, 0.3) is 0 Å². The summed E-state index contributed by atoms with van der Waals surface area (Å²) in [5.41, 5.74) is 1.84. The third kappa shape index (κ3) is 7.02. The SMILES string of the molecule is Cc1ccccc1CS(=O)(=O)N1CCC(C(=O)NCCCN2C[C@@H](C)C[C@H](C)C2)CC1. The van der Waals surface area contributed by atoms with Gasteiger partial charge in [0, 0.05) is 38.6 Å². The topological polar surface area (TPSA) is 69.7 Å². The van der Waals surface area contributed by atoms with Gasteiger partial charge in [0.15, 0.2) is 0 Å². The Morgan fingerprint density at radius 1 is 1.10 bits per heavy atom. The van der Waals surface area contributed by atoms with Crippen molar-refractivity contribution in [3.63, 3.8) is 0 Å². The van der Waals surface area contributed by atoms with E-state index in [1.807, 2.05) is 31.2 Å². The first-order chi connectivity index (χ1) is 14.7. The van der Waals surface area contributed by atoms with E-state index in [0.717, 1.165) is 49.0 Å². The van der Waals surface area contributed by atoms with Gasteiger partial charge in [-0.1, -0.05) is 38.1 Å². The zero-order chi connectivity index (χ0) is 22.4. The zero-order valence-electron chi connectivity index (χ0n) is 19.3. The molecular weight excluding hydrogens is 410 g/mol. The lowest BCUT2D eigenvalue weighted by atomic mass is 9.92. The third-order valence-electron chi connectivity index (χ3n) is 6.71. The molecule has 2 heterocycles. The Bertz CT molecular complexity index is 824. The fraction of sp³-hybridized carbons (Fsp3) is 0.708. The summed E-state index contributed by atoms with van der Waals surface area (Å²) >= 11 is 0. The summed E-state index contributed by atoms with van der Waals surface area (Å²) in [6.07, 6.45) is 3.47. The first-order valence-corrected chi connectivity index (χ1v) is 13.4. The number of sulfonamides is 1. The molecule has 174 valence electrons. The molecule has 31 heavy (non-hydrogen) atoms. The van der Waals surface area contributed by atoms with Crippen molar-refractivity contribution in [1.82, 2.24) is 14.5 Å². The maximum absolute atomic E-state index is 12.8. The number of hydrogen-bond donors (Lipinski definition) is 1. The number of amides is 1. The van der Waals surface area contributed by atoms with Crippen LogP contribution in [0.25, 0.3) is 0 Å². The highest BCUT2D eigenvalue weighted by atomic mass is 32.2. The molecule has 1 amide bonds. The second-order valence-corrected chi connectivity index (χ2v) is 11.7. The lowest BCUT2D eigenvalue weighted by molar-refractivity contribution is -0.126. The first kappa shape index (κ1) is 24.2. The van der Waals surface area contributed by atoms with Crippen LogP contribution in [0.4, 0.5) is 0 Å². The zero-order valence-corrected chi connectivity index (χ0v) is 20.2. The molecule has 2 atom stereocenters. The Morgan fingerprint density at radius 3 is 2.39 bits per heavy atom. The Labute approximate surface area is 188 Å². The van der Waals surface area contributed by atoms with Crippen LogP contribution in [0, 0.1) is 24.7 Å². The highest BCUT2D eigenvalue weighted by molar-refractivity contribution is 7.88. The van der Waals surface area contributed by atoms with Gasteiger partial charge >= 0.3 is 0 Å². The number of aryl methyl sites for hydroxylation is 1. The van der Waals surface area contributed by atoms with Gasteiger partial charge in [0.2, 0.25) is 15.9 Å². The molecule has 7 heteroatoms. The van der Waals surface area contributed by atoms with E-state index in [1.165, 1.54) is 6.42 Å². The summed E-state index contributed by atoms with van der Waals surface area (Å²) in [4.78, 5) is 15.1. The van der Waals surface area contributed by atoms with Crippen LogP contribution in [0.3, 0.4) is 0 Å². The highest BCUT2D eigenvalue weighted by Gasteiger charge is 2.31. The number of carbonyl (C=O) groups excluding carboxylic acids is 1. The number of nitrogens with zero attached hydrogens (tertiary/aromatic N) is 2. The average Bonchev–Trinajstić information content (AvgIpc) is 2.72. The molecule has 0 saturated carbocycles. The molecule has 0 bridgehead atoms. The summed E-state index contributed by atoms with van der Waals surface area (Å²) in [6, 6.07) is 7.61. The van der Waals surface area contributed by atoms with Crippen LogP contribution >= 0.6 is 0 Å². The van der Waals surface area contributed by atoms with E-state index >= 15 is 0 Å². The van der Waals surface area contributed by atoms with Gasteiger partial charge in [0.1, 0.15) is 0 Å². The van der Waals surface area contributed by atoms with Gasteiger partial charge in [-0.05, 0) is 62.1 Å². The molecule has 0 spiro atoms. The normalized spacial score (nSPS) is 24.2. The van der Waals surface area contributed by atoms with Crippen LogP contribution < -0.4 is 5.32 Å². The van der Waals surface area contributed by atoms with Gasteiger partial charge in [-0.2, -0.15) is 0 Å². The van der Waals surface area contributed by atoms with E-state index in [-0.39, 0.29) is 17.6 Å². The molecule has 0 unspecified atom stereocenters. The van der Waals surface area contributed by atoms with Crippen molar-refractivity contribution < 1.29 is 13.2 Å². The van der Waals surface area contributed by atoms with Gasteiger partial charge < -0.3 is 10.2 Å². The summed E-state index contributed by atoms with van der Waals surface area (Å²) < 4.78 is 27.2. The number of piperidine rings is 2. The third-order valence-corrected chi connectivity index (χ3v) is 8.54. The summed E-state index contributed by atoms with van der Waals surface area (Å²) in [6.45, 7) is 11.5. The lowest BCUT2D eigenvalue weighted by Crippen LogP contribution is -2.44. The summed E-state index contributed by atoms with van der Waals surface area (Å²) in [7, 11) is -3.35. The van der Waals surface area contributed by atoms with Gasteiger partial charge in [-0.15, -0.1) is 0 Å². The predicted octanol–water partition coefficient (Wildman–Crippen LogP) is 3.02. The van der Waals surface area contributed by atoms with Crippen LogP contribution in [-0.2, 0) is 20.6 Å². The van der Waals surface area contributed by atoms with Crippen molar-refractivity contribution >= 4 is 15.9 Å². The van der Waals surface area contributed by atoms with Gasteiger partial charge in [-0.3, -0.25) is 4.79 Å². The fourth-order valence-electron chi connectivity index (χ4n) is 5.09. The number of likely N-dealkylation sites (tertiary alicyclic amines) is 1. The molecule has 1 N–H and O–H groups in total. The molecule has 3 rings (SSSR count). The standard InChI is InChI=1S/C24H39N3O3S/c1-19-15-20(2)17-26(16-19)12-6-11-25-24(28)22-9-13-27(14-10-22)31(29,30)18-23-8-5-4-7-21(23)3/h4-5,7-8,19-20,22H,6,9-18H2,1-3H3,(H,25,28)/t19-,20-/m0/s1. The smallest absolute Gasteiger partial charge is 0.223 e. The monoisotopic (exact) mass is 449 g/mol. The molecule has 1 aromatic rings. The lowest BCUT2D eigenvalue weighted by Gasteiger charge is -2.35. The Kier molecular flexibility index (Phi) is 8.53. The minimum atomic E-state index is -3.35. The first-order valence-electron chi connectivity index (χ1n) is 11.8. The molecule has 0 aliphatic carbocycles. The largest absolute Gasteiger partial charge is 0.356 e. The van der Waals surface area contributed by atoms with Crippen molar-refractivity contribution in [3.8, 4) is 0 Å². The van der Waals surface area contributed by atoms with E-state index in [9.17, 15) is 13.2 Å². The van der Waals surface area contributed by atoms with E-state index in [2.05, 4.69) is 24.1 Å². The Balaban J connectivity index is 1.38. The molecule has 2 aliphatic rings. The predicted molar refractivity (Wildman–Crippen MR) is 125 cm³/mol. The number of hydrogen-bond acceptors (Lipinski definition) is 4. The van der Waals surface area contributed by atoms with E-state index in [0.29, 0.717) is 32.5 Å².